The van der Waals surface area contributed by atoms with E-state index in [0.29, 0.717) is 5.82 Å². The zero-order chi connectivity index (χ0) is 17.8. The van der Waals surface area contributed by atoms with Crippen LogP contribution in [0.3, 0.4) is 0 Å². The summed E-state index contributed by atoms with van der Waals surface area (Å²) in [5.74, 6) is 1.45. The Bertz CT molecular complexity index is 1060. The molecule has 0 unspecified atom stereocenters. The van der Waals surface area contributed by atoms with Gasteiger partial charge in [0.2, 0.25) is 0 Å². The summed E-state index contributed by atoms with van der Waals surface area (Å²) >= 11 is 1.60. The third-order valence-corrected chi connectivity index (χ3v) is 4.85. The minimum absolute atomic E-state index is 0.682. The van der Waals surface area contributed by atoms with Crippen molar-refractivity contribution in [1.82, 2.24) is 9.97 Å². The normalized spacial score (nSPS) is 11.1. The molecule has 0 aliphatic heterocycles. The van der Waals surface area contributed by atoms with Crippen LogP contribution >= 0.6 is 11.3 Å². The Morgan fingerprint density at radius 1 is 1.04 bits per heavy atom. The molecule has 0 bridgehead atoms. The van der Waals surface area contributed by atoms with Gasteiger partial charge in [0.25, 0.3) is 0 Å². The Balaban J connectivity index is 1.69. The van der Waals surface area contributed by atoms with Crippen molar-refractivity contribution in [3.05, 3.63) is 71.9 Å². The van der Waals surface area contributed by atoms with Crippen LogP contribution in [0.1, 0.15) is 5.56 Å². The number of ether oxygens (including phenoxy) is 1. The van der Waals surface area contributed by atoms with Crippen molar-refractivity contribution in [1.29, 1.82) is 0 Å². The summed E-state index contributed by atoms with van der Waals surface area (Å²) in [5, 5.41) is 7.42. The number of nitrogens with zero attached hydrogens (tertiary/aromatic N) is 3. The third kappa shape index (κ3) is 3.14. The first-order valence-corrected chi connectivity index (χ1v) is 8.94. The van der Waals surface area contributed by atoms with Gasteiger partial charge in [-0.15, -0.1) is 11.3 Å². The molecule has 5 nitrogen and oxygen atoms in total. The van der Waals surface area contributed by atoms with Crippen LogP contribution in [0.25, 0.3) is 21.3 Å². The van der Waals surface area contributed by atoms with E-state index in [2.05, 4.69) is 38.0 Å². The predicted octanol–water partition coefficient (Wildman–Crippen LogP) is 4.81. The van der Waals surface area contributed by atoms with Gasteiger partial charge in [0.05, 0.1) is 18.7 Å². The van der Waals surface area contributed by atoms with E-state index >= 15 is 0 Å². The quantitative estimate of drug-likeness (QED) is 0.410. The lowest BCUT2D eigenvalue weighted by Gasteiger charge is -2.05. The summed E-state index contributed by atoms with van der Waals surface area (Å²) in [6.07, 6.45) is 3.27. The maximum atomic E-state index is 5.34. The van der Waals surface area contributed by atoms with Gasteiger partial charge >= 0.3 is 0 Å². The summed E-state index contributed by atoms with van der Waals surface area (Å²) in [6, 6.07) is 17.9. The van der Waals surface area contributed by atoms with E-state index in [0.717, 1.165) is 32.7 Å². The largest absolute Gasteiger partial charge is 0.496 e. The number of benzene rings is 2. The zero-order valence-electron chi connectivity index (χ0n) is 14.1. The highest BCUT2D eigenvalue weighted by atomic mass is 32.1. The Hall–Kier alpha value is -3.25. The molecule has 0 atom stereocenters. The lowest BCUT2D eigenvalue weighted by atomic mass is 10.1. The van der Waals surface area contributed by atoms with Gasteiger partial charge < -0.3 is 4.74 Å². The maximum absolute atomic E-state index is 5.34. The number of thiophene rings is 1. The molecular formula is C20H16N4OS. The van der Waals surface area contributed by atoms with Gasteiger partial charge in [0.1, 0.15) is 16.9 Å². The predicted molar refractivity (Wildman–Crippen MR) is 107 cm³/mol. The minimum Gasteiger partial charge on any atom is -0.496 e. The molecule has 0 aliphatic carbocycles. The van der Waals surface area contributed by atoms with E-state index in [1.54, 1.807) is 31.0 Å². The summed E-state index contributed by atoms with van der Waals surface area (Å²) in [6.45, 7) is 0. The van der Waals surface area contributed by atoms with Gasteiger partial charge in [-0.05, 0) is 17.7 Å². The summed E-state index contributed by atoms with van der Waals surface area (Å²) in [5.41, 5.74) is 6.17. The van der Waals surface area contributed by atoms with Crippen LogP contribution < -0.4 is 10.2 Å². The van der Waals surface area contributed by atoms with E-state index in [1.165, 1.54) is 0 Å². The lowest BCUT2D eigenvalue weighted by molar-refractivity contribution is 0.414. The molecule has 2 heterocycles. The van der Waals surface area contributed by atoms with Crippen molar-refractivity contribution in [2.75, 3.05) is 12.5 Å². The fourth-order valence-corrected chi connectivity index (χ4v) is 3.64. The highest BCUT2D eigenvalue weighted by Crippen LogP contribution is 2.36. The Kier molecular flexibility index (Phi) is 4.57. The number of para-hydroxylation sites is 1. The number of aromatic nitrogens is 2. The van der Waals surface area contributed by atoms with E-state index in [4.69, 9.17) is 4.74 Å². The molecule has 2 aromatic heterocycles. The fraction of sp³-hybridized carbons (Fsp3) is 0.0500. The molecule has 0 fully saturated rings. The van der Waals surface area contributed by atoms with Crippen molar-refractivity contribution in [2.45, 2.75) is 0 Å². The van der Waals surface area contributed by atoms with Crippen molar-refractivity contribution < 1.29 is 4.74 Å². The van der Waals surface area contributed by atoms with Crippen molar-refractivity contribution >= 4 is 33.6 Å². The first kappa shape index (κ1) is 16.2. The number of anilines is 1. The molecule has 0 amide bonds. The average Bonchev–Trinajstić information content (AvgIpc) is 3.14. The summed E-state index contributed by atoms with van der Waals surface area (Å²) in [7, 11) is 1.64. The zero-order valence-corrected chi connectivity index (χ0v) is 14.9. The number of rotatable bonds is 5. The Morgan fingerprint density at radius 2 is 1.85 bits per heavy atom. The second-order valence-electron chi connectivity index (χ2n) is 5.53. The van der Waals surface area contributed by atoms with Crippen molar-refractivity contribution in [3.8, 4) is 16.9 Å². The second kappa shape index (κ2) is 7.33. The van der Waals surface area contributed by atoms with Crippen LogP contribution in [0.15, 0.2) is 71.4 Å². The topological polar surface area (TPSA) is 59.4 Å². The van der Waals surface area contributed by atoms with Crippen molar-refractivity contribution in [2.24, 2.45) is 5.10 Å². The molecule has 6 heteroatoms. The van der Waals surface area contributed by atoms with Crippen LogP contribution in [0.5, 0.6) is 5.75 Å². The molecule has 0 spiro atoms. The monoisotopic (exact) mass is 360 g/mol. The summed E-state index contributed by atoms with van der Waals surface area (Å²) in [4.78, 5) is 9.68. The molecule has 128 valence electrons. The number of hydrazone groups is 1. The van der Waals surface area contributed by atoms with Crippen LogP contribution in [0.2, 0.25) is 0 Å². The number of hydrogen-bond donors (Lipinski definition) is 1. The second-order valence-corrected chi connectivity index (χ2v) is 6.39. The molecule has 26 heavy (non-hydrogen) atoms. The smallest absolute Gasteiger partial charge is 0.159 e. The molecule has 0 saturated heterocycles. The fourth-order valence-electron chi connectivity index (χ4n) is 2.73. The highest BCUT2D eigenvalue weighted by molar-refractivity contribution is 7.17. The van der Waals surface area contributed by atoms with E-state index in [-0.39, 0.29) is 0 Å². The lowest BCUT2D eigenvalue weighted by Crippen LogP contribution is -1.96. The molecule has 2 aromatic carbocycles. The first-order chi connectivity index (χ1) is 12.9. The van der Waals surface area contributed by atoms with Gasteiger partial charge in [-0.25, -0.2) is 9.97 Å². The SMILES string of the molecule is COc1ccccc1/C=N/Nc1ncnc2scc(-c3ccccc3)c12. The molecule has 0 radical (unpaired) electrons. The molecule has 0 aliphatic rings. The van der Waals surface area contributed by atoms with Gasteiger partial charge in [0.15, 0.2) is 5.82 Å². The molecule has 4 rings (SSSR count). The molecular weight excluding hydrogens is 344 g/mol. The Labute approximate surface area is 155 Å². The highest BCUT2D eigenvalue weighted by Gasteiger charge is 2.12. The van der Waals surface area contributed by atoms with E-state index in [9.17, 15) is 0 Å². The Morgan fingerprint density at radius 3 is 2.69 bits per heavy atom. The standard InChI is InChI=1S/C20H16N4OS/c1-25-17-10-6-5-9-15(17)11-23-24-19-18-16(14-7-3-2-4-8-14)12-26-20(18)22-13-21-19/h2-13H,1H3,(H,21,22,24)/b23-11+. The van der Waals surface area contributed by atoms with Crippen LogP contribution in [-0.4, -0.2) is 23.3 Å². The number of nitrogens with one attached hydrogen (secondary N) is 1. The first-order valence-electron chi connectivity index (χ1n) is 8.06. The summed E-state index contributed by atoms with van der Waals surface area (Å²) < 4.78 is 5.34. The van der Waals surface area contributed by atoms with E-state index < -0.39 is 0 Å². The maximum Gasteiger partial charge on any atom is 0.159 e. The van der Waals surface area contributed by atoms with Gasteiger partial charge in [-0.3, -0.25) is 5.43 Å². The molecule has 4 aromatic rings. The average molecular weight is 360 g/mol. The number of fused-ring (bicyclic) bond motifs is 1. The van der Waals surface area contributed by atoms with Crippen LogP contribution in [0, 0.1) is 0 Å². The van der Waals surface area contributed by atoms with Crippen LogP contribution in [-0.2, 0) is 0 Å². The van der Waals surface area contributed by atoms with Gasteiger partial charge in [-0.1, -0.05) is 42.5 Å². The van der Waals surface area contributed by atoms with Crippen molar-refractivity contribution in [3.63, 3.8) is 0 Å². The van der Waals surface area contributed by atoms with Gasteiger partial charge in [0, 0.05) is 16.5 Å². The molecule has 1 N–H and O–H groups in total. The number of methoxy groups -OCH3 is 1. The van der Waals surface area contributed by atoms with Crippen LogP contribution in [0.4, 0.5) is 5.82 Å². The van der Waals surface area contributed by atoms with E-state index in [1.807, 2.05) is 42.5 Å². The minimum atomic E-state index is 0.682. The third-order valence-electron chi connectivity index (χ3n) is 3.97. The number of hydrogen-bond acceptors (Lipinski definition) is 6. The van der Waals surface area contributed by atoms with Gasteiger partial charge in [-0.2, -0.15) is 5.10 Å². The molecule has 0 saturated carbocycles.